The maximum absolute atomic E-state index is 12.0. The van der Waals surface area contributed by atoms with E-state index >= 15 is 0 Å². The topological polar surface area (TPSA) is 79.9 Å². The molecule has 0 saturated heterocycles. The fourth-order valence-electron chi connectivity index (χ4n) is 2.46. The monoisotopic (exact) mass is 392 g/mol. The summed E-state index contributed by atoms with van der Waals surface area (Å²) in [5, 5.41) is 11.3. The smallest absolute Gasteiger partial charge is 0.325 e. The Balaban J connectivity index is 2.00. The second-order valence-electron chi connectivity index (χ2n) is 6.74. The lowest BCUT2D eigenvalue weighted by Gasteiger charge is -2.20. The molecule has 0 fully saturated rings. The Kier molecular flexibility index (Phi) is 5.07. The molecule has 0 saturated carbocycles. The molecule has 0 aliphatic carbocycles. The van der Waals surface area contributed by atoms with Crippen LogP contribution in [0.3, 0.4) is 0 Å². The molecule has 3 rings (SSSR count). The van der Waals surface area contributed by atoms with E-state index in [1.807, 2.05) is 32.9 Å². The van der Waals surface area contributed by atoms with E-state index in [0.29, 0.717) is 26.9 Å². The Morgan fingerprint density at radius 1 is 1.31 bits per heavy atom. The van der Waals surface area contributed by atoms with Crippen molar-refractivity contribution >= 4 is 45.8 Å². The maximum atomic E-state index is 12.0. The standard InChI is InChI=1S/C18H18Cl2N4O2/c1-18(2,3)26-15(25)9-21-14-6-13(10-7-22-23-8-10)24-17-11(14)4-5-12(19)16(17)20/h4-8H,9H2,1-3H3,(H,21,24)(H,22,23). The molecule has 0 amide bonds. The third-order valence-electron chi connectivity index (χ3n) is 3.51. The van der Waals surface area contributed by atoms with Gasteiger partial charge in [0, 0.05) is 22.8 Å². The number of anilines is 1. The van der Waals surface area contributed by atoms with Gasteiger partial charge in [-0.1, -0.05) is 23.2 Å². The van der Waals surface area contributed by atoms with E-state index in [0.717, 1.165) is 10.9 Å². The minimum atomic E-state index is -0.544. The minimum absolute atomic E-state index is 0.0153. The predicted molar refractivity (Wildman–Crippen MR) is 104 cm³/mol. The zero-order chi connectivity index (χ0) is 18.9. The number of aromatic amines is 1. The normalized spacial score (nSPS) is 11.6. The number of rotatable bonds is 4. The number of hydrogen-bond donors (Lipinski definition) is 2. The molecule has 0 atom stereocenters. The summed E-state index contributed by atoms with van der Waals surface area (Å²) in [6.45, 7) is 5.49. The summed E-state index contributed by atoms with van der Waals surface area (Å²) in [7, 11) is 0. The van der Waals surface area contributed by atoms with E-state index in [1.165, 1.54) is 0 Å². The van der Waals surface area contributed by atoms with Gasteiger partial charge < -0.3 is 10.1 Å². The van der Waals surface area contributed by atoms with Crippen molar-refractivity contribution in [1.82, 2.24) is 15.2 Å². The first-order valence-electron chi connectivity index (χ1n) is 7.98. The van der Waals surface area contributed by atoms with Gasteiger partial charge in [-0.3, -0.25) is 9.89 Å². The first-order valence-corrected chi connectivity index (χ1v) is 8.74. The number of fused-ring (bicyclic) bond motifs is 1. The highest BCUT2D eigenvalue weighted by Crippen LogP contribution is 2.35. The summed E-state index contributed by atoms with van der Waals surface area (Å²) in [4.78, 5) is 16.6. The van der Waals surface area contributed by atoms with Crippen LogP contribution in [0.15, 0.2) is 30.6 Å². The van der Waals surface area contributed by atoms with Crippen LogP contribution < -0.4 is 5.32 Å². The van der Waals surface area contributed by atoms with Crippen molar-refractivity contribution in [2.24, 2.45) is 0 Å². The number of halogens is 2. The Bertz CT molecular complexity index is 950. The second-order valence-corrected chi connectivity index (χ2v) is 7.52. The van der Waals surface area contributed by atoms with Gasteiger partial charge >= 0.3 is 5.97 Å². The van der Waals surface area contributed by atoms with Crippen LogP contribution in [0.25, 0.3) is 22.2 Å². The molecule has 0 radical (unpaired) electrons. The first-order chi connectivity index (χ1) is 12.2. The van der Waals surface area contributed by atoms with Crippen LogP contribution in [0.5, 0.6) is 0 Å². The van der Waals surface area contributed by atoms with Crippen LogP contribution in [-0.2, 0) is 9.53 Å². The van der Waals surface area contributed by atoms with Crippen LogP contribution in [0.1, 0.15) is 20.8 Å². The van der Waals surface area contributed by atoms with Gasteiger partial charge in [-0.05, 0) is 39.0 Å². The Morgan fingerprint density at radius 2 is 2.08 bits per heavy atom. The molecule has 0 unspecified atom stereocenters. The molecule has 6 nitrogen and oxygen atoms in total. The molecular formula is C18H18Cl2N4O2. The average molecular weight is 393 g/mol. The number of H-pyrrole nitrogens is 1. The van der Waals surface area contributed by atoms with Crippen LogP contribution in [0.2, 0.25) is 10.0 Å². The molecule has 1 aromatic carbocycles. The summed E-state index contributed by atoms with van der Waals surface area (Å²) in [5.74, 6) is -0.354. The zero-order valence-corrected chi connectivity index (χ0v) is 16.1. The lowest BCUT2D eigenvalue weighted by Crippen LogP contribution is -2.28. The van der Waals surface area contributed by atoms with Crippen molar-refractivity contribution in [1.29, 1.82) is 0 Å². The largest absolute Gasteiger partial charge is 0.459 e. The van der Waals surface area contributed by atoms with Gasteiger partial charge in [0.15, 0.2) is 0 Å². The van der Waals surface area contributed by atoms with Crippen molar-refractivity contribution in [3.8, 4) is 11.3 Å². The van der Waals surface area contributed by atoms with Crippen LogP contribution in [0, 0.1) is 0 Å². The van der Waals surface area contributed by atoms with Gasteiger partial charge in [-0.2, -0.15) is 5.10 Å². The number of esters is 1. The highest BCUT2D eigenvalue weighted by molar-refractivity contribution is 6.45. The molecule has 0 bridgehead atoms. The van der Waals surface area contributed by atoms with Crippen LogP contribution in [0.4, 0.5) is 5.69 Å². The highest BCUT2D eigenvalue weighted by atomic mass is 35.5. The van der Waals surface area contributed by atoms with Crippen LogP contribution in [-0.4, -0.2) is 33.3 Å². The molecule has 2 N–H and O–H groups in total. The van der Waals surface area contributed by atoms with Gasteiger partial charge in [0.05, 0.1) is 27.5 Å². The summed E-state index contributed by atoms with van der Waals surface area (Å²) in [6, 6.07) is 5.35. The molecule has 0 aliphatic heterocycles. The van der Waals surface area contributed by atoms with Gasteiger partial charge in [0.1, 0.15) is 12.1 Å². The highest BCUT2D eigenvalue weighted by Gasteiger charge is 2.17. The lowest BCUT2D eigenvalue weighted by atomic mass is 10.1. The van der Waals surface area contributed by atoms with Crippen molar-refractivity contribution in [3.63, 3.8) is 0 Å². The SMILES string of the molecule is CC(C)(C)OC(=O)CNc1cc(-c2cn[nH]c2)nc2c(Cl)c(Cl)ccc12. The Labute approximate surface area is 160 Å². The number of aromatic nitrogens is 3. The average Bonchev–Trinajstić information content (AvgIpc) is 3.09. The first kappa shape index (κ1) is 18.5. The maximum Gasteiger partial charge on any atom is 0.325 e. The molecule has 136 valence electrons. The molecule has 26 heavy (non-hydrogen) atoms. The van der Waals surface area contributed by atoms with Crippen molar-refractivity contribution in [2.45, 2.75) is 26.4 Å². The molecule has 8 heteroatoms. The van der Waals surface area contributed by atoms with Gasteiger partial charge in [-0.15, -0.1) is 0 Å². The van der Waals surface area contributed by atoms with Crippen LogP contribution >= 0.6 is 23.2 Å². The van der Waals surface area contributed by atoms with E-state index in [2.05, 4.69) is 20.5 Å². The number of carbonyl (C=O) groups excluding carboxylic acids is 1. The zero-order valence-electron chi connectivity index (χ0n) is 14.6. The lowest BCUT2D eigenvalue weighted by molar-refractivity contribution is -0.152. The summed E-state index contributed by atoms with van der Waals surface area (Å²) in [6.07, 6.45) is 3.38. The van der Waals surface area contributed by atoms with E-state index < -0.39 is 5.60 Å². The van der Waals surface area contributed by atoms with E-state index in [4.69, 9.17) is 27.9 Å². The van der Waals surface area contributed by atoms with Gasteiger partial charge in [0.2, 0.25) is 0 Å². The Hall–Kier alpha value is -2.31. The van der Waals surface area contributed by atoms with Crippen molar-refractivity contribution < 1.29 is 9.53 Å². The second kappa shape index (κ2) is 7.13. The third kappa shape index (κ3) is 4.08. The summed E-state index contributed by atoms with van der Waals surface area (Å²) >= 11 is 12.5. The molecule has 0 aliphatic rings. The predicted octanol–water partition coefficient (Wildman–Crippen LogP) is 4.69. The summed E-state index contributed by atoms with van der Waals surface area (Å²) < 4.78 is 5.34. The van der Waals surface area contributed by atoms with E-state index in [1.54, 1.807) is 18.5 Å². The fourth-order valence-corrected chi connectivity index (χ4v) is 2.82. The molecule has 2 heterocycles. The quantitative estimate of drug-likeness (QED) is 0.629. The van der Waals surface area contributed by atoms with Crippen molar-refractivity contribution in [2.75, 3.05) is 11.9 Å². The third-order valence-corrected chi connectivity index (χ3v) is 4.30. The number of nitrogens with zero attached hydrogens (tertiary/aromatic N) is 2. The summed E-state index contributed by atoms with van der Waals surface area (Å²) in [5.41, 5.74) is 2.16. The van der Waals surface area contributed by atoms with E-state index in [9.17, 15) is 4.79 Å². The van der Waals surface area contributed by atoms with E-state index in [-0.39, 0.29) is 12.5 Å². The number of carbonyl (C=O) groups is 1. The van der Waals surface area contributed by atoms with Gasteiger partial charge in [-0.25, -0.2) is 4.98 Å². The number of pyridine rings is 1. The molecule has 0 spiro atoms. The minimum Gasteiger partial charge on any atom is -0.459 e. The Morgan fingerprint density at radius 3 is 2.73 bits per heavy atom. The number of nitrogens with one attached hydrogen (secondary N) is 2. The molecule has 2 aromatic heterocycles. The van der Waals surface area contributed by atoms with Gasteiger partial charge in [0.25, 0.3) is 0 Å². The molecular weight excluding hydrogens is 375 g/mol. The van der Waals surface area contributed by atoms with Crippen molar-refractivity contribution in [3.05, 3.63) is 40.6 Å². The fraction of sp³-hybridized carbons (Fsp3) is 0.278. The molecule has 3 aromatic rings. The number of ether oxygens (including phenoxy) is 1. The number of benzene rings is 1. The number of hydrogen-bond acceptors (Lipinski definition) is 5.